The van der Waals surface area contributed by atoms with Crippen LogP contribution in [-0.4, -0.2) is 25.7 Å². The zero-order valence-electron chi connectivity index (χ0n) is 13.9. The number of rotatable bonds is 6. The molecule has 0 aliphatic heterocycles. The molecule has 4 atom stereocenters. The standard InChI is InChI=1S/C18H26N2O3/c1-3-23-15-8-11(4-7-14(15)22-2)10-20-18(21)16-12-5-6-13(9-12)17(16)19/h4,7-8,12-13,16-17H,3,5-6,9-10,19H2,1-2H3,(H,20,21). The molecular weight excluding hydrogens is 292 g/mol. The van der Waals surface area contributed by atoms with Crippen LogP contribution in [0.2, 0.25) is 0 Å². The molecule has 2 saturated carbocycles. The molecule has 2 bridgehead atoms. The Morgan fingerprint density at radius 2 is 2.09 bits per heavy atom. The number of amides is 1. The summed E-state index contributed by atoms with van der Waals surface area (Å²) in [6, 6.07) is 5.77. The van der Waals surface area contributed by atoms with Crippen LogP contribution in [0, 0.1) is 17.8 Å². The van der Waals surface area contributed by atoms with Crippen molar-refractivity contribution in [2.24, 2.45) is 23.5 Å². The molecule has 126 valence electrons. The Kier molecular flexibility index (Phi) is 4.76. The van der Waals surface area contributed by atoms with E-state index >= 15 is 0 Å². The number of ether oxygens (including phenoxy) is 2. The summed E-state index contributed by atoms with van der Waals surface area (Å²) < 4.78 is 10.9. The first-order chi connectivity index (χ1) is 11.1. The summed E-state index contributed by atoms with van der Waals surface area (Å²) in [6.07, 6.45) is 3.45. The summed E-state index contributed by atoms with van der Waals surface area (Å²) in [5.41, 5.74) is 7.24. The van der Waals surface area contributed by atoms with Crippen LogP contribution in [0.15, 0.2) is 18.2 Å². The third-order valence-electron chi connectivity index (χ3n) is 5.28. The van der Waals surface area contributed by atoms with E-state index in [2.05, 4.69) is 5.32 Å². The number of nitrogens with two attached hydrogens (primary N) is 1. The molecule has 0 saturated heterocycles. The highest BCUT2D eigenvalue weighted by atomic mass is 16.5. The van der Waals surface area contributed by atoms with Crippen LogP contribution in [0.4, 0.5) is 0 Å². The van der Waals surface area contributed by atoms with Crippen LogP contribution in [0.3, 0.4) is 0 Å². The maximum absolute atomic E-state index is 12.5. The van der Waals surface area contributed by atoms with E-state index in [1.165, 1.54) is 6.42 Å². The minimum Gasteiger partial charge on any atom is -0.493 e. The van der Waals surface area contributed by atoms with Gasteiger partial charge in [-0.3, -0.25) is 4.79 Å². The molecule has 2 aliphatic rings. The molecule has 0 aromatic heterocycles. The van der Waals surface area contributed by atoms with E-state index in [-0.39, 0.29) is 17.9 Å². The fourth-order valence-corrected chi connectivity index (χ4v) is 4.13. The Hall–Kier alpha value is -1.75. The van der Waals surface area contributed by atoms with Gasteiger partial charge in [0.05, 0.1) is 19.6 Å². The van der Waals surface area contributed by atoms with Crippen molar-refractivity contribution >= 4 is 5.91 Å². The van der Waals surface area contributed by atoms with Gasteiger partial charge in [-0.25, -0.2) is 0 Å². The van der Waals surface area contributed by atoms with Crippen molar-refractivity contribution in [2.75, 3.05) is 13.7 Å². The zero-order valence-corrected chi connectivity index (χ0v) is 13.9. The fraction of sp³-hybridized carbons (Fsp3) is 0.611. The van der Waals surface area contributed by atoms with Crippen LogP contribution < -0.4 is 20.5 Å². The molecule has 3 N–H and O–H groups in total. The van der Waals surface area contributed by atoms with Gasteiger partial charge in [-0.05, 0) is 55.7 Å². The van der Waals surface area contributed by atoms with Gasteiger partial charge < -0.3 is 20.5 Å². The lowest BCUT2D eigenvalue weighted by Gasteiger charge is -2.27. The van der Waals surface area contributed by atoms with Crippen LogP contribution in [0.1, 0.15) is 31.7 Å². The Balaban J connectivity index is 1.62. The average molecular weight is 318 g/mol. The van der Waals surface area contributed by atoms with Gasteiger partial charge in [-0.2, -0.15) is 0 Å². The predicted molar refractivity (Wildman–Crippen MR) is 88.3 cm³/mol. The molecule has 0 heterocycles. The number of hydrogen-bond acceptors (Lipinski definition) is 4. The minimum absolute atomic E-state index is 0.0154. The molecule has 1 aromatic rings. The number of carbonyl (C=O) groups is 1. The Labute approximate surface area is 137 Å². The van der Waals surface area contributed by atoms with Gasteiger partial charge in [0.15, 0.2) is 11.5 Å². The van der Waals surface area contributed by atoms with Crippen LogP contribution >= 0.6 is 0 Å². The number of benzene rings is 1. The van der Waals surface area contributed by atoms with Crippen molar-refractivity contribution < 1.29 is 14.3 Å². The first-order valence-corrected chi connectivity index (χ1v) is 8.47. The maximum Gasteiger partial charge on any atom is 0.225 e. The van der Waals surface area contributed by atoms with Gasteiger partial charge in [0.1, 0.15) is 0 Å². The topological polar surface area (TPSA) is 73.6 Å². The molecule has 2 aliphatic carbocycles. The molecule has 1 amide bonds. The predicted octanol–water partition coefficient (Wildman–Crippen LogP) is 2.08. The molecular formula is C18H26N2O3. The monoisotopic (exact) mass is 318 g/mol. The molecule has 5 nitrogen and oxygen atoms in total. The first-order valence-electron chi connectivity index (χ1n) is 8.47. The smallest absolute Gasteiger partial charge is 0.225 e. The molecule has 4 unspecified atom stereocenters. The van der Waals surface area contributed by atoms with Crippen molar-refractivity contribution in [3.63, 3.8) is 0 Å². The van der Waals surface area contributed by atoms with Gasteiger partial charge in [-0.1, -0.05) is 6.07 Å². The van der Waals surface area contributed by atoms with E-state index in [1.54, 1.807) is 7.11 Å². The first kappa shape index (κ1) is 16.1. The lowest BCUT2D eigenvalue weighted by Crippen LogP contribution is -2.45. The molecule has 5 heteroatoms. The van der Waals surface area contributed by atoms with Crippen LogP contribution in [0.5, 0.6) is 11.5 Å². The summed E-state index contributed by atoms with van der Waals surface area (Å²) in [5.74, 6) is 2.51. The summed E-state index contributed by atoms with van der Waals surface area (Å²) >= 11 is 0. The molecule has 3 rings (SSSR count). The van der Waals surface area contributed by atoms with Gasteiger partial charge in [0.2, 0.25) is 5.91 Å². The highest BCUT2D eigenvalue weighted by Crippen LogP contribution is 2.47. The molecule has 2 fully saturated rings. The largest absolute Gasteiger partial charge is 0.493 e. The Bertz CT molecular complexity index is 573. The number of methoxy groups -OCH3 is 1. The Morgan fingerprint density at radius 3 is 2.74 bits per heavy atom. The highest BCUT2D eigenvalue weighted by Gasteiger charge is 2.48. The summed E-state index contributed by atoms with van der Waals surface area (Å²) in [6.45, 7) is 3.00. The fourth-order valence-electron chi connectivity index (χ4n) is 4.13. The van der Waals surface area contributed by atoms with E-state index in [0.29, 0.717) is 36.5 Å². The van der Waals surface area contributed by atoms with E-state index < -0.39 is 0 Å². The average Bonchev–Trinajstić information content (AvgIpc) is 3.14. The normalized spacial score (nSPS) is 28.7. The van der Waals surface area contributed by atoms with Crippen molar-refractivity contribution in [1.82, 2.24) is 5.32 Å². The molecule has 0 radical (unpaired) electrons. The SMILES string of the molecule is CCOc1cc(CNC(=O)C2C3CCC(C3)C2N)ccc1OC. The number of hydrogen-bond donors (Lipinski definition) is 2. The van der Waals surface area contributed by atoms with E-state index in [0.717, 1.165) is 18.4 Å². The van der Waals surface area contributed by atoms with E-state index in [4.69, 9.17) is 15.2 Å². The van der Waals surface area contributed by atoms with Crippen molar-refractivity contribution in [3.05, 3.63) is 23.8 Å². The lowest BCUT2D eigenvalue weighted by molar-refractivity contribution is -0.127. The van der Waals surface area contributed by atoms with Crippen LogP contribution in [0.25, 0.3) is 0 Å². The second-order valence-corrected chi connectivity index (χ2v) is 6.57. The van der Waals surface area contributed by atoms with Gasteiger partial charge in [0.25, 0.3) is 0 Å². The Morgan fingerprint density at radius 1 is 1.30 bits per heavy atom. The van der Waals surface area contributed by atoms with Gasteiger partial charge >= 0.3 is 0 Å². The van der Waals surface area contributed by atoms with Crippen LogP contribution in [-0.2, 0) is 11.3 Å². The second-order valence-electron chi connectivity index (χ2n) is 6.57. The van der Waals surface area contributed by atoms with Crippen molar-refractivity contribution in [2.45, 2.75) is 38.8 Å². The molecule has 1 aromatic carbocycles. The number of fused-ring (bicyclic) bond motifs is 2. The minimum atomic E-state index is -0.0154. The number of nitrogens with one attached hydrogen (secondary N) is 1. The lowest BCUT2D eigenvalue weighted by atomic mass is 9.84. The van der Waals surface area contributed by atoms with Crippen molar-refractivity contribution in [3.8, 4) is 11.5 Å². The second kappa shape index (κ2) is 6.79. The summed E-state index contributed by atoms with van der Waals surface area (Å²) in [4.78, 5) is 12.5. The molecule has 0 spiro atoms. The highest BCUT2D eigenvalue weighted by molar-refractivity contribution is 5.80. The molecule has 23 heavy (non-hydrogen) atoms. The van der Waals surface area contributed by atoms with Crippen molar-refractivity contribution in [1.29, 1.82) is 0 Å². The quantitative estimate of drug-likeness (QED) is 0.842. The third-order valence-corrected chi connectivity index (χ3v) is 5.28. The van der Waals surface area contributed by atoms with Gasteiger partial charge in [0, 0.05) is 12.6 Å². The van der Waals surface area contributed by atoms with Gasteiger partial charge in [-0.15, -0.1) is 0 Å². The third kappa shape index (κ3) is 3.15. The van der Waals surface area contributed by atoms with E-state index in [9.17, 15) is 4.79 Å². The summed E-state index contributed by atoms with van der Waals surface area (Å²) in [7, 11) is 1.62. The zero-order chi connectivity index (χ0) is 16.4. The van der Waals surface area contributed by atoms with E-state index in [1.807, 2.05) is 25.1 Å². The number of carbonyl (C=O) groups excluding carboxylic acids is 1. The summed E-state index contributed by atoms with van der Waals surface area (Å²) in [5, 5.41) is 3.05. The maximum atomic E-state index is 12.5.